The fourth-order valence-corrected chi connectivity index (χ4v) is 1.20. The molecule has 0 aliphatic heterocycles. The first kappa shape index (κ1) is 12.1. The summed E-state index contributed by atoms with van der Waals surface area (Å²) in [6.07, 6.45) is 0.839. The zero-order valence-electron chi connectivity index (χ0n) is 7.85. The minimum Gasteiger partial charge on any atom is -0.506 e. The third-order valence-corrected chi connectivity index (χ3v) is 2.08. The highest BCUT2D eigenvalue weighted by molar-refractivity contribution is 6.32. The average Bonchev–Trinajstić information content (AvgIpc) is 2.19. The van der Waals surface area contributed by atoms with Crippen LogP contribution in [0.4, 0.5) is 0 Å². The van der Waals surface area contributed by atoms with Crippen molar-refractivity contribution in [3.8, 4) is 5.75 Å². The maximum absolute atomic E-state index is 10.6. The molecule has 1 aromatic carbocycles. The molecule has 1 aromatic rings. The molecule has 1 rings (SSSR count). The van der Waals surface area contributed by atoms with E-state index in [4.69, 9.17) is 21.8 Å². The van der Waals surface area contributed by atoms with Gasteiger partial charge in [0.05, 0.1) is 5.02 Å². The largest absolute Gasteiger partial charge is 0.506 e. The van der Waals surface area contributed by atoms with Crippen molar-refractivity contribution in [2.24, 2.45) is 0 Å². The first-order chi connectivity index (χ1) is 7.43. The Labute approximate surface area is 95.2 Å². The van der Waals surface area contributed by atoms with Crippen LogP contribution in [0.3, 0.4) is 0 Å². The highest BCUT2D eigenvalue weighted by Gasteiger charge is 2.17. The van der Waals surface area contributed by atoms with E-state index in [1.165, 1.54) is 18.2 Å². The topological polar surface area (TPSA) is 94.8 Å². The molecule has 0 aliphatic carbocycles. The molecule has 6 heteroatoms. The molecule has 0 unspecified atom stereocenters. The lowest BCUT2D eigenvalue weighted by Crippen LogP contribution is -2.10. The smallest absolute Gasteiger partial charge is 0.343 e. The summed E-state index contributed by atoms with van der Waals surface area (Å²) in [6, 6.07) is 4.22. The number of carboxylic acid groups (broad SMARTS) is 2. The van der Waals surface area contributed by atoms with Gasteiger partial charge in [-0.05, 0) is 12.1 Å². The van der Waals surface area contributed by atoms with Crippen molar-refractivity contribution in [3.63, 3.8) is 0 Å². The number of hydrogen-bond donors (Lipinski definition) is 3. The summed E-state index contributed by atoms with van der Waals surface area (Å²) in [5.41, 5.74) is -0.815. The van der Waals surface area contributed by atoms with Gasteiger partial charge in [0.15, 0.2) is 0 Å². The number of benzene rings is 1. The number of para-hydroxylation sites is 1. The zero-order valence-corrected chi connectivity index (χ0v) is 8.60. The first-order valence-corrected chi connectivity index (χ1v) is 4.47. The molecule has 0 amide bonds. The number of carboxylic acids is 2. The molecule has 0 bridgehead atoms. The second-order valence-electron chi connectivity index (χ2n) is 2.85. The van der Waals surface area contributed by atoms with Gasteiger partial charge < -0.3 is 15.3 Å². The molecule has 5 nitrogen and oxygen atoms in total. The molecule has 16 heavy (non-hydrogen) atoms. The van der Waals surface area contributed by atoms with Gasteiger partial charge in [-0.3, -0.25) is 0 Å². The summed E-state index contributed by atoms with van der Waals surface area (Å²) in [4.78, 5) is 21.2. The Hall–Kier alpha value is -2.01. The Morgan fingerprint density at radius 1 is 1.19 bits per heavy atom. The lowest BCUT2D eigenvalue weighted by Gasteiger charge is -2.01. The summed E-state index contributed by atoms with van der Waals surface area (Å²) in [5, 5.41) is 26.7. The third-order valence-electron chi connectivity index (χ3n) is 1.78. The van der Waals surface area contributed by atoms with Crippen molar-refractivity contribution < 1.29 is 24.9 Å². The number of phenolic OH excluding ortho intramolecular Hbond substituents is 1. The van der Waals surface area contributed by atoms with Crippen LogP contribution in [0.15, 0.2) is 23.8 Å². The molecule has 0 saturated heterocycles. The van der Waals surface area contributed by atoms with Crippen LogP contribution in [0.1, 0.15) is 5.56 Å². The molecule has 3 N–H and O–H groups in total. The number of aromatic hydroxyl groups is 1. The molecule has 0 aliphatic rings. The highest BCUT2D eigenvalue weighted by Crippen LogP contribution is 2.28. The number of hydrogen-bond acceptors (Lipinski definition) is 3. The van der Waals surface area contributed by atoms with Gasteiger partial charge >= 0.3 is 11.9 Å². The Balaban J connectivity index is 3.29. The van der Waals surface area contributed by atoms with Crippen LogP contribution in [-0.4, -0.2) is 27.3 Å². The molecular formula is C10H7ClO5. The van der Waals surface area contributed by atoms with Gasteiger partial charge in [-0.15, -0.1) is 0 Å². The van der Waals surface area contributed by atoms with Crippen molar-refractivity contribution >= 4 is 29.6 Å². The van der Waals surface area contributed by atoms with Crippen molar-refractivity contribution in [2.45, 2.75) is 0 Å². The second-order valence-corrected chi connectivity index (χ2v) is 3.25. The van der Waals surface area contributed by atoms with Gasteiger partial charge in [0.25, 0.3) is 0 Å². The van der Waals surface area contributed by atoms with Crippen LogP contribution in [-0.2, 0) is 9.59 Å². The normalized spacial score (nSPS) is 9.56. The summed E-state index contributed by atoms with van der Waals surface area (Å²) in [5.74, 6) is -3.54. The van der Waals surface area contributed by atoms with Gasteiger partial charge in [0.2, 0.25) is 0 Å². The zero-order chi connectivity index (χ0) is 12.3. The average molecular weight is 243 g/mol. The first-order valence-electron chi connectivity index (χ1n) is 4.09. The Kier molecular flexibility index (Phi) is 3.52. The molecular weight excluding hydrogens is 236 g/mol. The summed E-state index contributed by atoms with van der Waals surface area (Å²) in [7, 11) is 0. The van der Waals surface area contributed by atoms with Crippen LogP contribution < -0.4 is 0 Å². The quantitative estimate of drug-likeness (QED) is 0.425. The van der Waals surface area contributed by atoms with E-state index in [0.717, 1.165) is 6.08 Å². The monoisotopic (exact) mass is 242 g/mol. The van der Waals surface area contributed by atoms with E-state index in [1.807, 2.05) is 0 Å². The van der Waals surface area contributed by atoms with Crippen LogP contribution in [0.25, 0.3) is 6.08 Å². The third kappa shape index (κ3) is 2.52. The summed E-state index contributed by atoms with van der Waals surface area (Å²) in [6.45, 7) is 0. The van der Waals surface area contributed by atoms with E-state index in [0.29, 0.717) is 0 Å². The lowest BCUT2D eigenvalue weighted by atomic mass is 10.1. The van der Waals surface area contributed by atoms with Crippen LogP contribution in [0, 0.1) is 0 Å². The predicted molar refractivity (Wildman–Crippen MR) is 56.4 cm³/mol. The van der Waals surface area contributed by atoms with Gasteiger partial charge in [0, 0.05) is 5.56 Å². The van der Waals surface area contributed by atoms with Crippen LogP contribution >= 0.6 is 11.6 Å². The fraction of sp³-hybridized carbons (Fsp3) is 0. The SMILES string of the molecule is O=C(O)C(=Cc1cccc(Cl)c1O)C(=O)O. The molecule has 0 radical (unpaired) electrons. The minimum absolute atomic E-state index is 0.0175. The number of phenols is 1. The molecule has 0 spiro atoms. The number of aliphatic carboxylic acids is 2. The maximum Gasteiger partial charge on any atom is 0.343 e. The highest BCUT2D eigenvalue weighted by atomic mass is 35.5. The maximum atomic E-state index is 10.6. The molecule has 84 valence electrons. The van der Waals surface area contributed by atoms with Gasteiger partial charge in [-0.2, -0.15) is 0 Å². The van der Waals surface area contributed by atoms with Crippen molar-refractivity contribution in [2.75, 3.05) is 0 Å². The number of halogens is 1. The van der Waals surface area contributed by atoms with Gasteiger partial charge in [-0.1, -0.05) is 23.7 Å². The predicted octanol–water partition coefficient (Wildman–Crippen LogP) is 1.60. The molecule has 0 aromatic heterocycles. The van der Waals surface area contributed by atoms with E-state index >= 15 is 0 Å². The molecule has 0 fully saturated rings. The second kappa shape index (κ2) is 4.67. The van der Waals surface area contributed by atoms with Crippen molar-refractivity contribution in [3.05, 3.63) is 34.4 Å². The molecule has 0 atom stereocenters. The van der Waals surface area contributed by atoms with Crippen molar-refractivity contribution in [1.29, 1.82) is 0 Å². The summed E-state index contributed by atoms with van der Waals surface area (Å²) < 4.78 is 0. The minimum atomic E-state index is -1.59. The van der Waals surface area contributed by atoms with Crippen LogP contribution in [0.2, 0.25) is 5.02 Å². The Morgan fingerprint density at radius 3 is 2.25 bits per heavy atom. The Morgan fingerprint density at radius 2 is 1.75 bits per heavy atom. The fourth-order valence-electron chi connectivity index (χ4n) is 1.02. The summed E-state index contributed by atoms with van der Waals surface area (Å²) >= 11 is 5.58. The number of rotatable bonds is 3. The van der Waals surface area contributed by atoms with E-state index in [-0.39, 0.29) is 16.3 Å². The molecule has 0 heterocycles. The van der Waals surface area contributed by atoms with E-state index < -0.39 is 17.5 Å². The van der Waals surface area contributed by atoms with E-state index in [9.17, 15) is 14.7 Å². The number of carbonyl (C=O) groups is 2. The van der Waals surface area contributed by atoms with E-state index in [1.54, 1.807) is 0 Å². The van der Waals surface area contributed by atoms with Gasteiger partial charge in [0.1, 0.15) is 11.3 Å². The lowest BCUT2D eigenvalue weighted by molar-refractivity contribution is -0.139. The molecule has 0 saturated carbocycles. The van der Waals surface area contributed by atoms with Crippen molar-refractivity contribution in [1.82, 2.24) is 0 Å². The standard InChI is InChI=1S/C10H7ClO5/c11-7-3-1-2-5(8(7)12)4-6(9(13)14)10(15)16/h1-4,12H,(H,13,14)(H,15,16). The van der Waals surface area contributed by atoms with Gasteiger partial charge in [-0.25, -0.2) is 9.59 Å². The van der Waals surface area contributed by atoms with E-state index in [2.05, 4.69) is 0 Å². The Bertz CT molecular complexity index is 462. The van der Waals surface area contributed by atoms with Crippen LogP contribution in [0.5, 0.6) is 5.75 Å².